The smallest absolute Gasteiger partial charge is 0.262 e. The molecule has 1 amide bonds. The van der Waals surface area contributed by atoms with E-state index in [1.807, 2.05) is 42.5 Å². The summed E-state index contributed by atoms with van der Waals surface area (Å²) in [5.74, 6) is -0.0392. The first-order chi connectivity index (χ1) is 9.76. The number of hydrogen-bond donors (Lipinski definition) is 1. The quantitative estimate of drug-likeness (QED) is 0.654. The minimum absolute atomic E-state index is 0.0392. The van der Waals surface area contributed by atoms with Crippen molar-refractivity contribution in [1.29, 1.82) is 0 Å². The van der Waals surface area contributed by atoms with Crippen molar-refractivity contribution in [3.8, 4) is 0 Å². The van der Waals surface area contributed by atoms with E-state index in [1.54, 1.807) is 11.8 Å². The lowest BCUT2D eigenvalue weighted by molar-refractivity contribution is -0.112. The molecule has 4 heteroatoms. The van der Waals surface area contributed by atoms with Gasteiger partial charge in [-0.3, -0.25) is 4.79 Å². The molecule has 1 heterocycles. The number of thioether (sulfide) groups is 2. The first kappa shape index (κ1) is 13.3. The zero-order valence-electron chi connectivity index (χ0n) is 10.9. The summed E-state index contributed by atoms with van der Waals surface area (Å²) in [5.41, 5.74) is 1.93. The van der Waals surface area contributed by atoms with Crippen LogP contribution in [0.3, 0.4) is 0 Å². The Morgan fingerprint density at radius 3 is 2.60 bits per heavy atom. The van der Waals surface area contributed by atoms with Crippen LogP contribution < -0.4 is 5.32 Å². The molecule has 2 aromatic rings. The summed E-state index contributed by atoms with van der Waals surface area (Å²) in [4.78, 5) is 15.1. The van der Waals surface area contributed by atoms with Gasteiger partial charge in [0.15, 0.2) is 0 Å². The van der Waals surface area contributed by atoms with Crippen molar-refractivity contribution in [3.63, 3.8) is 0 Å². The van der Waals surface area contributed by atoms with Gasteiger partial charge in [-0.15, -0.1) is 11.8 Å². The molecule has 0 radical (unpaired) electrons. The molecule has 2 aromatic carbocycles. The normalized spacial score (nSPS) is 15.8. The minimum atomic E-state index is -0.0392. The van der Waals surface area contributed by atoms with E-state index >= 15 is 0 Å². The molecule has 0 atom stereocenters. The Balaban J connectivity index is 1.90. The Bertz CT molecular complexity index is 677. The van der Waals surface area contributed by atoms with Gasteiger partial charge in [0.05, 0.1) is 10.6 Å². The Labute approximate surface area is 126 Å². The average Bonchev–Trinajstić information content (AvgIpc) is 2.49. The molecule has 20 heavy (non-hydrogen) atoms. The maximum Gasteiger partial charge on any atom is 0.262 e. The van der Waals surface area contributed by atoms with E-state index in [0.717, 1.165) is 21.1 Å². The van der Waals surface area contributed by atoms with E-state index in [2.05, 4.69) is 23.7 Å². The molecule has 100 valence electrons. The van der Waals surface area contributed by atoms with E-state index in [1.165, 1.54) is 16.7 Å². The maximum absolute atomic E-state index is 12.1. The third-order valence-corrected chi connectivity index (χ3v) is 4.84. The monoisotopic (exact) mass is 299 g/mol. The van der Waals surface area contributed by atoms with Gasteiger partial charge >= 0.3 is 0 Å². The molecule has 0 bridgehead atoms. The van der Waals surface area contributed by atoms with E-state index in [4.69, 9.17) is 0 Å². The van der Waals surface area contributed by atoms with Gasteiger partial charge in [-0.25, -0.2) is 0 Å². The molecule has 0 aromatic heterocycles. The van der Waals surface area contributed by atoms with E-state index in [0.29, 0.717) is 0 Å². The van der Waals surface area contributed by atoms with Crippen LogP contribution in [-0.4, -0.2) is 12.2 Å². The number of anilines is 1. The fourth-order valence-electron chi connectivity index (χ4n) is 1.95. The lowest BCUT2D eigenvalue weighted by atomic mass is 10.2. The predicted octanol–water partition coefficient (Wildman–Crippen LogP) is 4.49. The summed E-state index contributed by atoms with van der Waals surface area (Å²) in [6.45, 7) is 0. The van der Waals surface area contributed by atoms with Crippen molar-refractivity contribution in [2.75, 3.05) is 11.6 Å². The summed E-state index contributed by atoms with van der Waals surface area (Å²) in [6, 6.07) is 16.0. The van der Waals surface area contributed by atoms with Gasteiger partial charge in [0.1, 0.15) is 0 Å². The summed E-state index contributed by atoms with van der Waals surface area (Å²) in [5, 5.41) is 2.92. The third kappa shape index (κ3) is 2.76. The van der Waals surface area contributed by atoms with Crippen LogP contribution in [0.25, 0.3) is 6.08 Å². The molecular weight excluding hydrogens is 286 g/mol. The van der Waals surface area contributed by atoms with Gasteiger partial charge < -0.3 is 5.32 Å². The van der Waals surface area contributed by atoms with Crippen LogP contribution in [0.15, 0.2) is 63.2 Å². The van der Waals surface area contributed by atoms with Crippen LogP contribution in [0.1, 0.15) is 5.56 Å². The van der Waals surface area contributed by atoms with Crippen LogP contribution in [0.4, 0.5) is 5.69 Å². The molecule has 0 fully saturated rings. The fraction of sp³-hybridized carbons (Fsp3) is 0.0625. The van der Waals surface area contributed by atoms with Crippen LogP contribution in [0.2, 0.25) is 0 Å². The maximum atomic E-state index is 12.1. The molecule has 1 aliphatic heterocycles. The Kier molecular flexibility index (Phi) is 3.85. The lowest BCUT2D eigenvalue weighted by Crippen LogP contribution is -2.16. The number of carbonyl (C=O) groups is 1. The number of amides is 1. The molecule has 0 spiro atoms. The standard InChI is InChI=1S/C16H13NOS2/c1-19-12-8-6-11(7-9-12)10-15-16(18)17-13-4-2-3-5-14(13)20-15/h2-10H,1H3,(H,17,18)/b15-10-. The SMILES string of the molecule is CSc1ccc(/C=C2\Sc3ccccc3NC2=O)cc1. The second-order valence-electron chi connectivity index (χ2n) is 4.33. The van der Waals surface area contributed by atoms with Crippen LogP contribution >= 0.6 is 23.5 Å². The van der Waals surface area contributed by atoms with Crippen molar-refractivity contribution in [1.82, 2.24) is 0 Å². The molecular formula is C16H13NOS2. The molecule has 0 saturated heterocycles. The Morgan fingerprint density at radius 2 is 1.85 bits per heavy atom. The van der Waals surface area contributed by atoms with Crippen molar-refractivity contribution in [2.24, 2.45) is 0 Å². The second-order valence-corrected chi connectivity index (χ2v) is 6.30. The zero-order chi connectivity index (χ0) is 13.9. The molecule has 1 N–H and O–H groups in total. The summed E-state index contributed by atoms with van der Waals surface area (Å²) >= 11 is 3.22. The number of benzene rings is 2. The zero-order valence-corrected chi connectivity index (χ0v) is 12.6. The number of fused-ring (bicyclic) bond motifs is 1. The first-order valence-electron chi connectivity index (χ1n) is 6.20. The van der Waals surface area contributed by atoms with Crippen LogP contribution in [0.5, 0.6) is 0 Å². The number of nitrogens with one attached hydrogen (secondary N) is 1. The highest BCUT2D eigenvalue weighted by atomic mass is 32.2. The average molecular weight is 299 g/mol. The second kappa shape index (κ2) is 5.77. The topological polar surface area (TPSA) is 29.1 Å². The number of rotatable bonds is 2. The van der Waals surface area contributed by atoms with Gasteiger partial charge in [0, 0.05) is 9.79 Å². The summed E-state index contributed by atoms with van der Waals surface area (Å²) < 4.78 is 0. The molecule has 1 aliphatic rings. The summed E-state index contributed by atoms with van der Waals surface area (Å²) in [7, 11) is 0. The van der Waals surface area contributed by atoms with Gasteiger partial charge in [-0.1, -0.05) is 36.0 Å². The molecule has 0 saturated carbocycles. The van der Waals surface area contributed by atoms with E-state index in [-0.39, 0.29) is 5.91 Å². The van der Waals surface area contributed by atoms with Gasteiger partial charge in [-0.05, 0) is 42.2 Å². The third-order valence-electron chi connectivity index (χ3n) is 2.99. The lowest BCUT2D eigenvalue weighted by Gasteiger charge is -2.18. The van der Waals surface area contributed by atoms with E-state index < -0.39 is 0 Å². The van der Waals surface area contributed by atoms with Gasteiger partial charge in [0.25, 0.3) is 5.91 Å². The summed E-state index contributed by atoms with van der Waals surface area (Å²) in [6.07, 6.45) is 3.98. The molecule has 2 nitrogen and oxygen atoms in total. The number of para-hydroxylation sites is 1. The molecule has 3 rings (SSSR count). The van der Waals surface area contributed by atoms with E-state index in [9.17, 15) is 4.79 Å². The highest BCUT2D eigenvalue weighted by Crippen LogP contribution is 2.38. The predicted molar refractivity (Wildman–Crippen MR) is 87.1 cm³/mol. The number of hydrogen-bond acceptors (Lipinski definition) is 3. The number of carbonyl (C=O) groups excluding carboxylic acids is 1. The molecule has 0 aliphatic carbocycles. The van der Waals surface area contributed by atoms with Crippen molar-refractivity contribution in [2.45, 2.75) is 9.79 Å². The van der Waals surface area contributed by atoms with Crippen molar-refractivity contribution >= 4 is 41.2 Å². The van der Waals surface area contributed by atoms with Gasteiger partial charge in [0.2, 0.25) is 0 Å². The van der Waals surface area contributed by atoms with Gasteiger partial charge in [-0.2, -0.15) is 0 Å². The van der Waals surface area contributed by atoms with Crippen molar-refractivity contribution < 1.29 is 4.79 Å². The molecule has 0 unspecified atom stereocenters. The Hall–Kier alpha value is -1.65. The van der Waals surface area contributed by atoms with Crippen molar-refractivity contribution in [3.05, 3.63) is 59.0 Å². The van der Waals surface area contributed by atoms with Crippen LogP contribution in [0, 0.1) is 0 Å². The first-order valence-corrected chi connectivity index (χ1v) is 8.24. The van der Waals surface area contributed by atoms with Crippen LogP contribution in [-0.2, 0) is 4.79 Å². The highest BCUT2D eigenvalue weighted by molar-refractivity contribution is 8.04. The highest BCUT2D eigenvalue weighted by Gasteiger charge is 2.20. The minimum Gasteiger partial charge on any atom is -0.320 e. The Morgan fingerprint density at radius 1 is 1.10 bits per heavy atom. The largest absolute Gasteiger partial charge is 0.320 e. The fourth-order valence-corrected chi connectivity index (χ4v) is 3.31.